The summed E-state index contributed by atoms with van der Waals surface area (Å²) in [4.78, 5) is 13.9. The van der Waals surface area contributed by atoms with Gasteiger partial charge in [0.15, 0.2) is 5.84 Å². The van der Waals surface area contributed by atoms with E-state index in [9.17, 15) is 4.79 Å². The third kappa shape index (κ3) is 6.84. The van der Waals surface area contributed by atoms with Crippen molar-refractivity contribution < 1.29 is 4.79 Å². The molecule has 0 atom stereocenters. The van der Waals surface area contributed by atoms with E-state index in [1.807, 2.05) is 73.7 Å². The van der Waals surface area contributed by atoms with Crippen LogP contribution in [0.3, 0.4) is 0 Å². The molecule has 1 amide bonds. The van der Waals surface area contributed by atoms with Crippen LogP contribution in [0.2, 0.25) is 0 Å². The predicted molar refractivity (Wildman–Crippen MR) is 139 cm³/mol. The predicted octanol–water partition coefficient (Wildman–Crippen LogP) is 4.82. The second kappa shape index (κ2) is 10.6. The zero-order valence-corrected chi connectivity index (χ0v) is 20.3. The minimum atomic E-state index is -0.0616. The summed E-state index contributed by atoms with van der Waals surface area (Å²) in [5.41, 5.74) is 13.8. The number of aryl methyl sites for hydroxylation is 1. The van der Waals surface area contributed by atoms with E-state index in [4.69, 9.17) is 11.6 Å². The molecule has 0 saturated carbocycles. The van der Waals surface area contributed by atoms with E-state index in [-0.39, 0.29) is 16.5 Å². The van der Waals surface area contributed by atoms with Gasteiger partial charge in [0.1, 0.15) is 0 Å². The monoisotopic (exact) mass is 461 g/mol. The Kier molecular flexibility index (Phi) is 7.79. The zero-order valence-electron chi connectivity index (χ0n) is 19.5. The number of hydrogen-bond donors (Lipinski definition) is 4. The second-order valence-electron chi connectivity index (χ2n) is 8.81. The molecule has 0 bridgehead atoms. The second-order valence-corrected chi connectivity index (χ2v) is 10.7. The largest absolute Gasteiger partial charge is 0.382 e. The third-order valence-electron chi connectivity index (χ3n) is 4.85. The fraction of sp³-hybridized carbons (Fsp3) is 0.231. The summed E-state index contributed by atoms with van der Waals surface area (Å²) in [6.07, 6.45) is 0.308. The van der Waals surface area contributed by atoms with Crippen molar-refractivity contribution in [3.8, 4) is 11.1 Å². The quantitative estimate of drug-likeness (QED) is 0.133. The number of hydrazine groups is 1. The molecule has 0 heterocycles. The topological polar surface area (TPSA) is 106 Å². The molecule has 6 nitrogen and oxygen atoms in total. The lowest BCUT2D eigenvalue weighted by Gasteiger charge is -2.21. The van der Waals surface area contributed by atoms with E-state index >= 15 is 0 Å². The number of carbonyl (C=O) groups excluding carboxylic acids is 1. The van der Waals surface area contributed by atoms with Gasteiger partial charge in [-0.25, -0.2) is 11.4 Å². The van der Waals surface area contributed by atoms with E-state index in [0.29, 0.717) is 6.42 Å². The molecule has 3 rings (SSSR count). The highest BCUT2D eigenvalue weighted by atomic mass is 32.2. The summed E-state index contributed by atoms with van der Waals surface area (Å²) >= 11 is 1.71. The molecule has 33 heavy (non-hydrogen) atoms. The van der Waals surface area contributed by atoms with Crippen molar-refractivity contribution in [1.29, 1.82) is 0 Å². The minimum absolute atomic E-state index is 0.0141. The third-order valence-corrected chi connectivity index (χ3v) is 6.04. The molecule has 0 aliphatic carbocycles. The number of anilines is 1. The van der Waals surface area contributed by atoms with Crippen LogP contribution >= 0.6 is 11.8 Å². The van der Waals surface area contributed by atoms with E-state index < -0.39 is 0 Å². The van der Waals surface area contributed by atoms with Crippen LogP contribution in [0.5, 0.6) is 0 Å². The van der Waals surface area contributed by atoms with Gasteiger partial charge in [0.05, 0.1) is 12.1 Å². The van der Waals surface area contributed by atoms with Gasteiger partial charge >= 0.3 is 0 Å². The molecule has 0 saturated heterocycles. The van der Waals surface area contributed by atoms with Gasteiger partial charge < -0.3 is 11.1 Å². The van der Waals surface area contributed by atoms with Crippen LogP contribution in [-0.4, -0.2) is 16.5 Å². The molecule has 3 aromatic rings. The standard InChI is InChI=1S/C26H31N5OS/c1-17-9-11-18(12-10-17)15-24(32)29-22-16-19(13-14-23(22)33-26(2,3)4)20-7-5-6-8-21(20)25(27)30-31-28/h5-14,16,31H,15,28H2,1-4H3,(H2,27,30)(H,29,32). The molecular weight excluding hydrogens is 430 g/mol. The molecule has 0 aliphatic heterocycles. The van der Waals surface area contributed by atoms with Gasteiger partial charge in [0, 0.05) is 15.2 Å². The maximum atomic E-state index is 12.9. The average molecular weight is 462 g/mol. The number of amidine groups is 1. The van der Waals surface area contributed by atoms with Gasteiger partial charge in [0.25, 0.3) is 0 Å². The Morgan fingerprint density at radius 1 is 1.03 bits per heavy atom. The van der Waals surface area contributed by atoms with E-state index in [0.717, 1.165) is 32.8 Å². The lowest BCUT2D eigenvalue weighted by atomic mass is 9.98. The summed E-state index contributed by atoms with van der Waals surface area (Å²) in [5, 5.41) is 7.05. The van der Waals surface area contributed by atoms with Crippen molar-refractivity contribution in [3.05, 3.63) is 83.4 Å². The maximum Gasteiger partial charge on any atom is 0.228 e. The Morgan fingerprint density at radius 2 is 1.73 bits per heavy atom. The van der Waals surface area contributed by atoms with Gasteiger partial charge in [0.2, 0.25) is 5.91 Å². The zero-order chi connectivity index (χ0) is 24.0. The molecule has 0 fully saturated rings. The lowest BCUT2D eigenvalue weighted by molar-refractivity contribution is -0.115. The first-order valence-corrected chi connectivity index (χ1v) is 11.5. The first-order chi connectivity index (χ1) is 15.7. The number of nitrogens with one attached hydrogen (secondary N) is 2. The van der Waals surface area contributed by atoms with Crippen LogP contribution in [-0.2, 0) is 11.2 Å². The Bertz CT molecular complexity index is 1150. The van der Waals surface area contributed by atoms with E-state index in [1.54, 1.807) is 11.8 Å². The van der Waals surface area contributed by atoms with Crippen molar-refractivity contribution in [3.63, 3.8) is 0 Å². The van der Waals surface area contributed by atoms with Gasteiger partial charge in [-0.2, -0.15) is 0 Å². The van der Waals surface area contributed by atoms with Crippen LogP contribution in [0, 0.1) is 6.92 Å². The summed E-state index contributed by atoms with van der Waals surface area (Å²) in [6, 6.07) is 21.8. The number of thioether (sulfide) groups is 1. The van der Waals surface area contributed by atoms with Crippen molar-refractivity contribution >= 4 is 29.2 Å². The Labute approximate surface area is 199 Å². The molecule has 7 heteroatoms. The fourth-order valence-corrected chi connectivity index (χ4v) is 4.40. The molecular formula is C26H31N5OS. The number of hydrazone groups is 1. The van der Waals surface area contributed by atoms with Crippen LogP contribution in [0.4, 0.5) is 5.69 Å². The number of nitrogens with zero attached hydrogens (tertiary/aromatic N) is 1. The maximum absolute atomic E-state index is 12.9. The minimum Gasteiger partial charge on any atom is -0.382 e. The fourth-order valence-electron chi connectivity index (χ4n) is 3.39. The Balaban J connectivity index is 1.97. The van der Waals surface area contributed by atoms with Crippen LogP contribution in [0.1, 0.15) is 37.5 Å². The van der Waals surface area contributed by atoms with Gasteiger partial charge in [-0.05, 0) is 35.7 Å². The Hall–Kier alpha value is -3.29. The number of benzene rings is 3. The molecule has 0 unspecified atom stereocenters. The van der Waals surface area contributed by atoms with Gasteiger partial charge in [-0.1, -0.05) is 80.9 Å². The molecule has 6 N–H and O–H groups in total. The first-order valence-electron chi connectivity index (χ1n) is 10.7. The molecule has 3 aromatic carbocycles. The summed E-state index contributed by atoms with van der Waals surface area (Å²) in [5.74, 6) is 5.54. The van der Waals surface area contributed by atoms with Crippen molar-refractivity contribution in [2.75, 3.05) is 5.32 Å². The van der Waals surface area contributed by atoms with E-state index in [1.165, 1.54) is 5.56 Å². The number of nitrogens with two attached hydrogens (primary N) is 2. The van der Waals surface area contributed by atoms with Crippen LogP contribution in [0.15, 0.2) is 76.7 Å². The molecule has 0 radical (unpaired) electrons. The van der Waals surface area contributed by atoms with Crippen molar-refractivity contribution in [2.45, 2.75) is 43.8 Å². The number of amides is 1. The smallest absolute Gasteiger partial charge is 0.228 e. The average Bonchev–Trinajstić information content (AvgIpc) is 2.76. The van der Waals surface area contributed by atoms with E-state index in [2.05, 4.69) is 36.7 Å². The first kappa shape index (κ1) is 24.4. The normalized spacial score (nSPS) is 11.8. The lowest BCUT2D eigenvalue weighted by Crippen LogP contribution is -2.23. The summed E-state index contributed by atoms with van der Waals surface area (Å²) in [6.45, 7) is 8.48. The van der Waals surface area contributed by atoms with Gasteiger partial charge in [-0.15, -0.1) is 16.9 Å². The molecule has 0 aliphatic rings. The summed E-state index contributed by atoms with van der Waals surface area (Å²) < 4.78 is -0.0141. The van der Waals surface area contributed by atoms with Gasteiger partial charge in [-0.3, -0.25) is 4.79 Å². The highest BCUT2D eigenvalue weighted by molar-refractivity contribution is 8.00. The Morgan fingerprint density at radius 3 is 2.39 bits per heavy atom. The van der Waals surface area contributed by atoms with Crippen molar-refractivity contribution in [1.82, 2.24) is 5.53 Å². The molecule has 0 aromatic heterocycles. The van der Waals surface area contributed by atoms with Crippen molar-refractivity contribution in [2.24, 2.45) is 16.7 Å². The SMILES string of the molecule is Cc1ccc(CC(=O)Nc2cc(-c3ccccc3/C(N)=N/NN)ccc2SC(C)(C)C)cc1. The highest BCUT2D eigenvalue weighted by Crippen LogP contribution is 2.39. The van der Waals surface area contributed by atoms with Crippen LogP contribution < -0.4 is 22.4 Å². The van der Waals surface area contributed by atoms with Crippen LogP contribution in [0.25, 0.3) is 11.1 Å². The number of rotatable bonds is 7. The number of hydrogen-bond acceptors (Lipinski definition) is 5. The summed E-state index contributed by atoms with van der Waals surface area (Å²) in [7, 11) is 0. The highest BCUT2D eigenvalue weighted by Gasteiger charge is 2.18. The molecule has 172 valence electrons. The number of carbonyl (C=O) groups is 1. The molecule has 0 spiro atoms.